The Morgan fingerprint density at radius 1 is 0.512 bits per heavy atom. The molecular formula is C66H70N8O8. The Kier molecular flexibility index (Phi) is 14.0. The molecule has 0 radical (unpaired) electrons. The first-order chi connectivity index (χ1) is 39.4. The lowest BCUT2D eigenvalue weighted by atomic mass is 9.86. The van der Waals surface area contributed by atoms with Crippen LogP contribution in [0.3, 0.4) is 0 Å². The SMILES string of the molecule is CCC1=C(C)C2=NC1=CC1=C(C)C3=C(O)CC(=C4NC(=CC5=NC(=C2)C(CO)=C5C)[C@@H](C)[C@@H]4CCC(=O)OCCOC(=O)CC[C@@H]2C4=C5CC(O)=C6C5=NC(=C6C)C=C5N=C(C=C6N=C(C=C(N4)[C@H]2C)C(C)=C6CO)C(C)=C5CC)C3=N1. The Morgan fingerprint density at radius 2 is 0.866 bits per heavy atom. The molecule has 12 rings (SSSR count). The van der Waals surface area contributed by atoms with E-state index in [1.807, 2.05) is 64.2 Å². The number of hydrogen-bond donors (Lipinski definition) is 6. The van der Waals surface area contributed by atoms with Gasteiger partial charge in [-0.15, -0.1) is 0 Å². The van der Waals surface area contributed by atoms with Crippen LogP contribution in [0.2, 0.25) is 0 Å². The van der Waals surface area contributed by atoms with E-state index in [1.165, 1.54) is 0 Å². The smallest absolute Gasteiger partial charge is 0.305 e. The van der Waals surface area contributed by atoms with Gasteiger partial charge in [0.05, 0.1) is 81.7 Å². The predicted octanol–water partition coefficient (Wildman–Crippen LogP) is 11.0. The summed E-state index contributed by atoms with van der Waals surface area (Å²) in [5, 5.41) is 51.8. The standard InChI is InChI=1S/C66H70N8O8/c1-11-37-29(3)47-23-55-43(27-75)33(7)45(69-55)21-49-31(5)39(63(71-49)41-19-57(77)61-35(9)51(73-65(41)61)25-53(37)67-47)13-15-59(79)81-17-18-82-60(80)16-14-40-32(6)50-22-46-34(8)44(28-76)56(70-46)24-48-30(4)38(12-2)54(68-48)26-52-36(10)62-58(78)20-42(64(40)72-50)66(62)74-52/h21-26,31-32,39-40,71-72,75-78H,11-20,27-28H2,1-10H3/t31-,32-,39-,40-/m0/s1. The first kappa shape index (κ1) is 54.5. The zero-order valence-corrected chi connectivity index (χ0v) is 48.4. The van der Waals surface area contributed by atoms with Crippen LogP contribution in [-0.2, 0) is 19.1 Å². The molecule has 0 aromatic heterocycles. The third-order valence-corrected chi connectivity index (χ3v) is 18.6. The summed E-state index contributed by atoms with van der Waals surface area (Å²) < 4.78 is 11.4. The number of carbonyl (C=O) groups excluding carboxylic acids is 2. The number of aliphatic hydroxyl groups excluding tert-OH is 4. The molecule has 0 amide bonds. The van der Waals surface area contributed by atoms with E-state index >= 15 is 0 Å². The van der Waals surface area contributed by atoms with Crippen molar-refractivity contribution in [2.24, 2.45) is 53.6 Å². The number of allylic oxidation sites excluding steroid dienone is 22. The summed E-state index contributed by atoms with van der Waals surface area (Å²) in [5.41, 5.74) is 24.9. The van der Waals surface area contributed by atoms with Crippen LogP contribution in [0, 0.1) is 23.7 Å². The van der Waals surface area contributed by atoms with E-state index in [-0.39, 0.29) is 74.5 Å². The lowest BCUT2D eigenvalue weighted by Crippen LogP contribution is -2.18. The van der Waals surface area contributed by atoms with E-state index in [2.05, 4.69) is 52.2 Å². The van der Waals surface area contributed by atoms with E-state index in [4.69, 9.17) is 39.4 Å². The minimum absolute atomic E-state index is 0.0896. The first-order valence-electron chi connectivity index (χ1n) is 28.9. The van der Waals surface area contributed by atoms with Crippen LogP contribution < -0.4 is 10.6 Å². The zero-order chi connectivity index (χ0) is 57.7. The van der Waals surface area contributed by atoms with Crippen LogP contribution in [-0.4, -0.2) is 93.1 Å². The van der Waals surface area contributed by atoms with Crippen LogP contribution >= 0.6 is 0 Å². The normalized spacial score (nSPS) is 25.3. The van der Waals surface area contributed by atoms with E-state index in [0.29, 0.717) is 37.1 Å². The molecule has 12 aliphatic rings. The van der Waals surface area contributed by atoms with Crippen LogP contribution in [0.4, 0.5) is 0 Å². The minimum Gasteiger partial charge on any atom is -0.511 e. The number of nitrogens with zero attached hydrogens (tertiary/aromatic N) is 6. The molecule has 422 valence electrons. The Hall–Kier alpha value is -8.08. The second-order valence-electron chi connectivity index (χ2n) is 23.0. The number of ether oxygens (including phenoxy) is 2. The second kappa shape index (κ2) is 21.0. The van der Waals surface area contributed by atoms with Crippen LogP contribution in [0.25, 0.3) is 0 Å². The number of carbonyl (C=O) groups is 2. The fourth-order valence-electron chi connectivity index (χ4n) is 13.7. The molecule has 82 heavy (non-hydrogen) atoms. The van der Waals surface area contributed by atoms with Crippen molar-refractivity contribution in [3.8, 4) is 0 Å². The molecule has 16 bridgehead atoms. The summed E-state index contributed by atoms with van der Waals surface area (Å²) in [6, 6.07) is 0. The average Bonchev–Trinajstić information content (AvgIpc) is 3.46. The largest absolute Gasteiger partial charge is 0.511 e. The number of aliphatic imine (C=N–C) groups is 6. The number of fused-ring (bicyclic) bond motifs is 10. The van der Waals surface area contributed by atoms with E-state index in [9.17, 15) is 30.0 Å². The molecule has 2 fully saturated rings. The summed E-state index contributed by atoms with van der Waals surface area (Å²) in [5.74, 6) is -0.884. The van der Waals surface area contributed by atoms with Crippen molar-refractivity contribution < 1.29 is 39.5 Å². The van der Waals surface area contributed by atoms with Gasteiger partial charge >= 0.3 is 11.9 Å². The van der Waals surface area contributed by atoms with Gasteiger partial charge in [-0.2, -0.15) is 0 Å². The van der Waals surface area contributed by atoms with Crippen molar-refractivity contribution in [1.29, 1.82) is 0 Å². The topological polar surface area (TPSA) is 232 Å². The molecular weight excluding hydrogens is 1030 g/mol. The first-order valence-corrected chi connectivity index (χ1v) is 28.9. The summed E-state index contributed by atoms with van der Waals surface area (Å²) in [7, 11) is 0. The van der Waals surface area contributed by atoms with E-state index < -0.39 is 11.9 Å². The molecule has 2 saturated heterocycles. The van der Waals surface area contributed by atoms with Gasteiger partial charge in [0.2, 0.25) is 0 Å². The van der Waals surface area contributed by atoms with Gasteiger partial charge in [0.25, 0.3) is 0 Å². The second-order valence-corrected chi connectivity index (χ2v) is 23.0. The van der Waals surface area contributed by atoms with Gasteiger partial charge in [-0.25, -0.2) is 30.0 Å². The summed E-state index contributed by atoms with van der Waals surface area (Å²) in [6.07, 6.45) is 15.1. The highest BCUT2D eigenvalue weighted by molar-refractivity contribution is 6.22. The number of aliphatic hydroxyl groups is 4. The summed E-state index contributed by atoms with van der Waals surface area (Å²) in [6.45, 7) is 19.9. The molecule has 0 aromatic rings. The highest BCUT2D eigenvalue weighted by Gasteiger charge is 2.44. The van der Waals surface area contributed by atoms with Crippen LogP contribution in [0.1, 0.15) is 121 Å². The summed E-state index contributed by atoms with van der Waals surface area (Å²) in [4.78, 5) is 57.7. The van der Waals surface area contributed by atoms with E-state index in [1.54, 1.807) is 0 Å². The summed E-state index contributed by atoms with van der Waals surface area (Å²) >= 11 is 0. The molecule has 16 heteroatoms. The molecule has 2 aliphatic carbocycles. The molecule has 6 N–H and O–H groups in total. The Labute approximate surface area is 478 Å². The van der Waals surface area contributed by atoms with Crippen molar-refractivity contribution in [3.05, 3.63) is 183 Å². The van der Waals surface area contributed by atoms with Gasteiger partial charge in [-0.3, -0.25) is 9.59 Å². The third kappa shape index (κ3) is 8.96. The average molecular weight is 1100 g/mol. The van der Waals surface area contributed by atoms with Gasteiger partial charge in [0.15, 0.2) is 0 Å². The third-order valence-electron chi connectivity index (χ3n) is 18.6. The Balaban J connectivity index is 0.741. The number of rotatable bonds is 13. The van der Waals surface area contributed by atoms with Crippen molar-refractivity contribution in [3.63, 3.8) is 0 Å². The number of nitrogens with one attached hydrogen (secondary N) is 2. The fraction of sp³-hybridized carbons (Fsp3) is 0.394. The van der Waals surface area contributed by atoms with Gasteiger partial charge in [-0.1, -0.05) is 27.7 Å². The molecule has 4 atom stereocenters. The number of hydrogen-bond acceptors (Lipinski definition) is 16. The van der Waals surface area contributed by atoms with Gasteiger partial charge in [0, 0.05) is 106 Å². The molecule has 10 heterocycles. The minimum atomic E-state index is -0.424. The highest BCUT2D eigenvalue weighted by Crippen LogP contribution is 2.49. The molecule has 10 aliphatic heterocycles. The molecule has 0 saturated carbocycles. The lowest BCUT2D eigenvalue weighted by molar-refractivity contribution is -0.152. The van der Waals surface area contributed by atoms with Crippen molar-refractivity contribution in [1.82, 2.24) is 10.6 Å². The Morgan fingerprint density at radius 3 is 1.23 bits per heavy atom. The highest BCUT2D eigenvalue weighted by atomic mass is 16.6. The Bertz CT molecular complexity index is 3580. The zero-order valence-electron chi connectivity index (χ0n) is 48.4. The quantitative estimate of drug-likeness (QED) is 0.0754. The maximum Gasteiger partial charge on any atom is 0.305 e. The molecule has 0 unspecified atom stereocenters. The van der Waals surface area contributed by atoms with Crippen molar-refractivity contribution >= 4 is 46.2 Å². The molecule has 0 aromatic carbocycles. The lowest BCUT2D eigenvalue weighted by Gasteiger charge is -2.18. The predicted molar refractivity (Wildman–Crippen MR) is 319 cm³/mol. The van der Waals surface area contributed by atoms with Gasteiger partial charge in [0.1, 0.15) is 24.7 Å². The van der Waals surface area contributed by atoms with Gasteiger partial charge < -0.3 is 40.5 Å². The van der Waals surface area contributed by atoms with Gasteiger partial charge in [-0.05, 0) is 148 Å². The fourth-order valence-corrected chi connectivity index (χ4v) is 13.7. The van der Waals surface area contributed by atoms with Crippen LogP contribution in [0.15, 0.2) is 213 Å². The van der Waals surface area contributed by atoms with Crippen molar-refractivity contribution in [2.75, 3.05) is 26.4 Å². The maximum absolute atomic E-state index is 13.6. The van der Waals surface area contributed by atoms with Crippen molar-refractivity contribution in [2.45, 2.75) is 121 Å². The van der Waals surface area contributed by atoms with Crippen LogP contribution in [0.5, 0.6) is 0 Å². The van der Waals surface area contributed by atoms with E-state index in [0.717, 1.165) is 171 Å². The number of esters is 2. The molecule has 16 nitrogen and oxygen atoms in total. The maximum atomic E-state index is 13.6. The molecule has 0 spiro atoms. The monoisotopic (exact) mass is 1100 g/mol.